The van der Waals surface area contributed by atoms with Crippen molar-refractivity contribution in [2.24, 2.45) is 5.92 Å². The lowest BCUT2D eigenvalue weighted by Gasteiger charge is -2.37. The lowest BCUT2D eigenvalue weighted by atomic mass is 10.0. The van der Waals surface area contributed by atoms with E-state index in [-0.39, 0.29) is 5.97 Å². The summed E-state index contributed by atoms with van der Waals surface area (Å²) in [4.78, 5) is 14.1. The third-order valence-corrected chi connectivity index (χ3v) is 3.66. The van der Waals surface area contributed by atoms with Gasteiger partial charge in [0.1, 0.15) is 0 Å². The number of para-hydroxylation sites is 1. The normalized spacial score (nSPS) is 19.6. The van der Waals surface area contributed by atoms with Gasteiger partial charge in [-0.15, -0.1) is 0 Å². The average Bonchev–Trinajstić information content (AvgIpc) is 2.46. The van der Waals surface area contributed by atoms with Gasteiger partial charge in [0.05, 0.1) is 18.4 Å². The SMILES string of the molecule is COC(=O)c1ccccc1N1CCN[C@@H](C(C)C)C1. The van der Waals surface area contributed by atoms with E-state index >= 15 is 0 Å². The molecular weight excluding hydrogens is 240 g/mol. The number of piperazine rings is 1. The van der Waals surface area contributed by atoms with Crippen LogP contribution in [-0.2, 0) is 4.74 Å². The Balaban J connectivity index is 2.24. The van der Waals surface area contributed by atoms with Crippen LogP contribution in [0.2, 0.25) is 0 Å². The van der Waals surface area contributed by atoms with Gasteiger partial charge in [-0.05, 0) is 18.1 Å². The Bertz CT molecular complexity index is 446. The average molecular weight is 262 g/mol. The van der Waals surface area contributed by atoms with Crippen molar-refractivity contribution in [3.8, 4) is 0 Å². The fourth-order valence-corrected chi connectivity index (χ4v) is 2.48. The molecule has 0 aromatic heterocycles. The zero-order chi connectivity index (χ0) is 13.8. The van der Waals surface area contributed by atoms with Gasteiger partial charge in [-0.25, -0.2) is 4.79 Å². The minimum atomic E-state index is -0.268. The molecule has 4 nitrogen and oxygen atoms in total. The first kappa shape index (κ1) is 13.9. The zero-order valence-electron chi connectivity index (χ0n) is 11.8. The Kier molecular flexibility index (Phi) is 4.43. The summed E-state index contributed by atoms with van der Waals surface area (Å²) in [5, 5.41) is 3.52. The van der Waals surface area contributed by atoms with Crippen LogP contribution >= 0.6 is 0 Å². The second-order valence-corrected chi connectivity index (χ2v) is 5.26. The zero-order valence-corrected chi connectivity index (χ0v) is 11.8. The number of nitrogens with zero attached hydrogens (tertiary/aromatic N) is 1. The summed E-state index contributed by atoms with van der Waals surface area (Å²) in [6.45, 7) is 7.21. The summed E-state index contributed by atoms with van der Waals surface area (Å²) >= 11 is 0. The molecule has 1 aliphatic heterocycles. The molecule has 0 saturated carbocycles. The van der Waals surface area contributed by atoms with E-state index in [1.165, 1.54) is 7.11 Å². The maximum atomic E-state index is 11.8. The number of carbonyl (C=O) groups excluding carboxylic acids is 1. The number of esters is 1. The maximum absolute atomic E-state index is 11.8. The van der Waals surface area contributed by atoms with E-state index in [0.717, 1.165) is 25.3 Å². The van der Waals surface area contributed by atoms with E-state index in [2.05, 4.69) is 24.1 Å². The van der Waals surface area contributed by atoms with Gasteiger partial charge in [0.25, 0.3) is 0 Å². The summed E-state index contributed by atoms with van der Waals surface area (Å²) in [6, 6.07) is 8.12. The first-order chi connectivity index (χ1) is 9.13. The minimum absolute atomic E-state index is 0.268. The molecule has 4 heteroatoms. The molecule has 0 spiro atoms. The summed E-state index contributed by atoms with van der Waals surface area (Å²) < 4.78 is 4.86. The highest BCUT2D eigenvalue weighted by atomic mass is 16.5. The Labute approximate surface area is 114 Å². The van der Waals surface area contributed by atoms with Crippen molar-refractivity contribution >= 4 is 11.7 Å². The Morgan fingerprint density at radius 2 is 2.16 bits per heavy atom. The van der Waals surface area contributed by atoms with Crippen molar-refractivity contribution in [1.82, 2.24) is 5.32 Å². The van der Waals surface area contributed by atoms with Gasteiger partial charge in [0.2, 0.25) is 0 Å². The molecule has 1 N–H and O–H groups in total. The van der Waals surface area contributed by atoms with Crippen LogP contribution < -0.4 is 10.2 Å². The van der Waals surface area contributed by atoms with Crippen LogP contribution in [0.15, 0.2) is 24.3 Å². The van der Waals surface area contributed by atoms with Crippen molar-refractivity contribution < 1.29 is 9.53 Å². The second kappa shape index (κ2) is 6.06. The van der Waals surface area contributed by atoms with Crippen molar-refractivity contribution in [3.63, 3.8) is 0 Å². The molecule has 1 atom stereocenters. The van der Waals surface area contributed by atoms with Crippen LogP contribution in [0.4, 0.5) is 5.69 Å². The molecule has 1 heterocycles. The summed E-state index contributed by atoms with van der Waals surface area (Å²) in [5.74, 6) is 0.309. The third kappa shape index (κ3) is 3.07. The number of ether oxygens (including phenoxy) is 1. The Morgan fingerprint density at radius 3 is 2.84 bits per heavy atom. The number of methoxy groups -OCH3 is 1. The molecule has 0 radical (unpaired) electrons. The second-order valence-electron chi connectivity index (χ2n) is 5.26. The summed E-state index contributed by atoms with van der Waals surface area (Å²) in [6.07, 6.45) is 0. The highest BCUT2D eigenvalue weighted by Crippen LogP contribution is 2.23. The van der Waals surface area contributed by atoms with Gasteiger partial charge in [-0.2, -0.15) is 0 Å². The van der Waals surface area contributed by atoms with Gasteiger partial charge in [-0.3, -0.25) is 0 Å². The number of nitrogens with one attached hydrogen (secondary N) is 1. The van der Waals surface area contributed by atoms with Crippen LogP contribution in [0.3, 0.4) is 0 Å². The fraction of sp³-hybridized carbons (Fsp3) is 0.533. The van der Waals surface area contributed by atoms with Crippen LogP contribution in [0.1, 0.15) is 24.2 Å². The quantitative estimate of drug-likeness (QED) is 0.845. The fourth-order valence-electron chi connectivity index (χ4n) is 2.48. The Morgan fingerprint density at radius 1 is 1.42 bits per heavy atom. The van der Waals surface area contributed by atoms with Crippen LogP contribution in [0.25, 0.3) is 0 Å². The molecule has 0 bridgehead atoms. The van der Waals surface area contributed by atoms with E-state index < -0.39 is 0 Å². The molecule has 1 saturated heterocycles. The molecule has 1 aliphatic rings. The van der Waals surface area contributed by atoms with Gasteiger partial charge < -0.3 is 15.0 Å². The molecule has 2 rings (SSSR count). The molecule has 19 heavy (non-hydrogen) atoms. The Hall–Kier alpha value is -1.55. The molecule has 1 fully saturated rings. The van der Waals surface area contributed by atoms with Gasteiger partial charge in [-0.1, -0.05) is 26.0 Å². The number of hydrogen-bond donors (Lipinski definition) is 1. The van der Waals surface area contributed by atoms with E-state index in [4.69, 9.17) is 4.74 Å². The first-order valence-electron chi connectivity index (χ1n) is 6.79. The molecule has 104 valence electrons. The van der Waals surface area contributed by atoms with Gasteiger partial charge in [0, 0.05) is 25.7 Å². The number of rotatable bonds is 3. The molecule has 1 aromatic rings. The summed E-state index contributed by atoms with van der Waals surface area (Å²) in [5.41, 5.74) is 1.62. The van der Waals surface area contributed by atoms with Crippen molar-refractivity contribution in [2.75, 3.05) is 31.6 Å². The van der Waals surface area contributed by atoms with E-state index in [9.17, 15) is 4.79 Å². The molecule has 1 aromatic carbocycles. The number of carbonyl (C=O) groups is 1. The largest absolute Gasteiger partial charge is 0.465 e. The molecule has 0 amide bonds. The monoisotopic (exact) mass is 262 g/mol. The molecule has 0 unspecified atom stereocenters. The maximum Gasteiger partial charge on any atom is 0.339 e. The topological polar surface area (TPSA) is 41.6 Å². The van der Waals surface area contributed by atoms with Crippen LogP contribution in [0.5, 0.6) is 0 Å². The van der Waals surface area contributed by atoms with Crippen LogP contribution in [-0.4, -0.2) is 38.8 Å². The third-order valence-electron chi connectivity index (χ3n) is 3.66. The van der Waals surface area contributed by atoms with Crippen molar-refractivity contribution in [3.05, 3.63) is 29.8 Å². The lowest BCUT2D eigenvalue weighted by molar-refractivity contribution is 0.0601. The molecular formula is C15H22N2O2. The van der Waals surface area contributed by atoms with Gasteiger partial charge >= 0.3 is 5.97 Å². The highest BCUT2D eigenvalue weighted by Gasteiger charge is 2.24. The first-order valence-corrected chi connectivity index (χ1v) is 6.79. The van der Waals surface area contributed by atoms with Gasteiger partial charge in [0.15, 0.2) is 0 Å². The lowest BCUT2D eigenvalue weighted by Crippen LogP contribution is -2.53. The van der Waals surface area contributed by atoms with Crippen molar-refractivity contribution in [1.29, 1.82) is 0 Å². The standard InChI is InChI=1S/C15H22N2O2/c1-11(2)13-10-17(9-8-16-13)14-7-5-4-6-12(14)15(18)19-3/h4-7,11,13,16H,8-10H2,1-3H3/t13-/m1/s1. The van der Waals surface area contributed by atoms with Crippen LogP contribution in [0, 0.1) is 5.92 Å². The molecule has 0 aliphatic carbocycles. The summed E-state index contributed by atoms with van der Waals surface area (Å²) in [7, 11) is 1.42. The smallest absolute Gasteiger partial charge is 0.339 e. The van der Waals surface area contributed by atoms with E-state index in [1.807, 2.05) is 24.3 Å². The minimum Gasteiger partial charge on any atom is -0.465 e. The highest BCUT2D eigenvalue weighted by molar-refractivity contribution is 5.95. The van der Waals surface area contributed by atoms with E-state index in [0.29, 0.717) is 17.5 Å². The van der Waals surface area contributed by atoms with E-state index in [1.54, 1.807) is 0 Å². The number of hydrogen-bond acceptors (Lipinski definition) is 4. The predicted molar refractivity (Wildman–Crippen MR) is 76.6 cm³/mol. The van der Waals surface area contributed by atoms with Crippen molar-refractivity contribution in [2.45, 2.75) is 19.9 Å². The number of benzene rings is 1. The number of anilines is 1. The predicted octanol–water partition coefficient (Wildman–Crippen LogP) is 1.91.